The Hall–Kier alpha value is -1.29. The summed E-state index contributed by atoms with van der Waals surface area (Å²) in [6.45, 7) is 4.09. The average molecular weight is 266 g/mol. The lowest BCUT2D eigenvalue weighted by Gasteiger charge is -2.35. The lowest BCUT2D eigenvalue weighted by Crippen LogP contribution is -2.40. The lowest BCUT2D eigenvalue weighted by molar-refractivity contribution is 0.0329. The number of nitrogens with one attached hydrogen (secondary N) is 1. The summed E-state index contributed by atoms with van der Waals surface area (Å²) in [5, 5.41) is 3.34. The molecule has 1 saturated carbocycles. The van der Waals surface area contributed by atoms with E-state index in [-0.39, 0.29) is 11.9 Å². The van der Waals surface area contributed by atoms with Crippen LogP contribution in [-0.4, -0.2) is 32.3 Å². The molecular formula is C15H23FN2O. The quantitative estimate of drug-likeness (QED) is 0.885. The zero-order valence-electron chi connectivity index (χ0n) is 12.1. The Balaban J connectivity index is 1.99. The SMILES string of the molecule is COC1CC(Nc2ccc(N(C)C(C)C)c(F)c2)C1. The van der Waals surface area contributed by atoms with Crippen molar-refractivity contribution in [1.29, 1.82) is 0 Å². The predicted molar refractivity (Wildman–Crippen MR) is 77.4 cm³/mol. The van der Waals surface area contributed by atoms with Crippen molar-refractivity contribution in [3.05, 3.63) is 24.0 Å². The van der Waals surface area contributed by atoms with Crippen LogP contribution in [0.4, 0.5) is 15.8 Å². The Morgan fingerprint density at radius 3 is 2.58 bits per heavy atom. The molecule has 0 aliphatic heterocycles. The van der Waals surface area contributed by atoms with Crippen LogP contribution in [0.15, 0.2) is 18.2 Å². The molecule has 0 aromatic heterocycles. The molecule has 1 aromatic carbocycles. The van der Waals surface area contributed by atoms with Crippen LogP contribution >= 0.6 is 0 Å². The van der Waals surface area contributed by atoms with E-state index >= 15 is 0 Å². The predicted octanol–water partition coefficient (Wildman–Crippen LogP) is 3.26. The van der Waals surface area contributed by atoms with E-state index in [0.717, 1.165) is 18.5 Å². The maximum atomic E-state index is 14.1. The standard InChI is InChI=1S/C15H23FN2O/c1-10(2)18(3)15-6-5-11(9-14(15)16)17-12-7-13(8-12)19-4/h5-6,9-10,12-13,17H,7-8H2,1-4H3. The molecule has 0 spiro atoms. The largest absolute Gasteiger partial charge is 0.382 e. The van der Waals surface area contributed by atoms with Crippen LogP contribution in [0.1, 0.15) is 26.7 Å². The molecular weight excluding hydrogens is 243 g/mol. The first kappa shape index (κ1) is 14.1. The topological polar surface area (TPSA) is 24.5 Å². The van der Waals surface area contributed by atoms with Crippen molar-refractivity contribution in [2.24, 2.45) is 0 Å². The molecule has 0 radical (unpaired) electrons. The van der Waals surface area contributed by atoms with Gasteiger partial charge in [0.15, 0.2) is 0 Å². The van der Waals surface area contributed by atoms with Crippen molar-refractivity contribution in [2.45, 2.75) is 44.9 Å². The van der Waals surface area contributed by atoms with Crippen LogP contribution in [0.25, 0.3) is 0 Å². The number of hydrogen-bond donors (Lipinski definition) is 1. The molecule has 1 N–H and O–H groups in total. The highest BCUT2D eigenvalue weighted by Crippen LogP contribution is 2.28. The van der Waals surface area contributed by atoms with Gasteiger partial charge in [-0.2, -0.15) is 0 Å². The van der Waals surface area contributed by atoms with Crippen LogP contribution in [-0.2, 0) is 4.74 Å². The molecule has 4 heteroatoms. The highest BCUT2D eigenvalue weighted by Gasteiger charge is 2.28. The van der Waals surface area contributed by atoms with Crippen molar-refractivity contribution >= 4 is 11.4 Å². The van der Waals surface area contributed by atoms with E-state index in [1.165, 1.54) is 0 Å². The van der Waals surface area contributed by atoms with Crippen LogP contribution < -0.4 is 10.2 Å². The van der Waals surface area contributed by atoms with Gasteiger partial charge in [-0.1, -0.05) is 0 Å². The third-order valence-electron chi connectivity index (χ3n) is 3.90. The number of rotatable bonds is 5. The van der Waals surface area contributed by atoms with E-state index in [0.29, 0.717) is 17.8 Å². The van der Waals surface area contributed by atoms with Gasteiger partial charge in [0.05, 0.1) is 11.8 Å². The maximum absolute atomic E-state index is 14.1. The van der Waals surface area contributed by atoms with Gasteiger partial charge < -0.3 is 15.0 Å². The molecule has 19 heavy (non-hydrogen) atoms. The molecule has 0 unspecified atom stereocenters. The number of benzene rings is 1. The summed E-state index contributed by atoms with van der Waals surface area (Å²) in [6, 6.07) is 6.04. The van der Waals surface area contributed by atoms with E-state index < -0.39 is 0 Å². The van der Waals surface area contributed by atoms with Crippen LogP contribution in [0.5, 0.6) is 0 Å². The van der Waals surface area contributed by atoms with E-state index in [4.69, 9.17) is 4.74 Å². The first-order chi connectivity index (χ1) is 9.01. The Labute approximate surface area is 114 Å². The minimum absolute atomic E-state index is 0.177. The molecule has 106 valence electrons. The Morgan fingerprint density at radius 1 is 1.37 bits per heavy atom. The smallest absolute Gasteiger partial charge is 0.148 e. The van der Waals surface area contributed by atoms with E-state index in [1.807, 2.05) is 37.9 Å². The Kier molecular flexibility index (Phi) is 4.30. The monoisotopic (exact) mass is 266 g/mol. The minimum Gasteiger partial charge on any atom is -0.382 e. The summed E-state index contributed by atoms with van der Waals surface area (Å²) in [5.74, 6) is -0.177. The molecule has 1 aliphatic carbocycles. The normalized spacial score (nSPS) is 22.2. The second-order valence-electron chi connectivity index (χ2n) is 5.54. The van der Waals surface area contributed by atoms with Crippen molar-refractivity contribution in [3.63, 3.8) is 0 Å². The van der Waals surface area contributed by atoms with Gasteiger partial charge in [0.1, 0.15) is 5.82 Å². The van der Waals surface area contributed by atoms with Crippen molar-refractivity contribution in [3.8, 4) is 0 Å². The summed E-state index contributed by atoms with van der Waals surface area (Å²) < 4.78 is 19.3. The highest BCUT2D eigenvalue weighted by molar-refractivity contribution is 5.56. The molecule has 0 saturated heterocycles. The molecule has 0 heterocycles. The van der Waals surface area contributed by atoms with Crippen molar-refractivity contribution in [2.75, 3.05) is 24.4 Å². The van der Waals surface area contributed by atoms with Gasteiger partial charge in [-0.25, -0.2) is 4.39 Å². The third kappa shape index (κ3) is 3.18. The molecule has 1 aliphatic rings. The van der Waals surface area contributed by atoms with E-state index in [9.17, 15) is 4.39 Å². The van der Waals surface area contributed by atoms with E-state index in [1.54, 1.807) is 13.2 Å². The average Bonchev–Trinajstić information content (AvgIpc) is 2.32. The summed E-state index contributed by atoms with van der Waals surface area (Å²) >= 11 is 0. The zero-order chi connectivity index (χ0) is 14.0. The van der Waals surface area contributed by atoms with Gasteiger partial charge in [0.2, 0.25) is 0 Å². The molecule has 2 rings (SSSR count). The fourth-order valence-electron chi connectivity index (χ4n) is 2.27. The van der Waals surface area contributed by atoms with E-state index in [2.05, 4.69) is 5.32 Å². The molecule has 3 nitrogen and oxygen atoms in total. The lowest BCUT2D eigenvalue weighted by atomic mass is 9.89. The zero-order valence-corrected chi connectivity index (χ0v) is 12.1. The van der Waals surface area contributed by atoms with Gasteiger partial charge in [-0.05, 0) is 44.9 Å². The van der Waals surface area contributed by atoms with Gasteiger partial charge in [-0.15, -0.1) is 0 Å². The maximum Gasteiger partial charge on any atom is 0.148 e. The second kappa shape index (κ2) is 5.78. The number of halogens is 1. The number of anilines is 2. The van der Waals surface area contributed by atoms with Gasteiger partial charge >= 0.3 is 0 Å². The molecule has 1 aromatic rings. The first-order valence-electron chi connectivity index (χ1n) is 6.83. The van der Waals surface area contributed by atoms with Gasteiger partial charge in [0, 0.05) is 31.9 Å². The Morgan fingerprint density at radius 2 is 2.05 bits per heavy atom. The Bertz CT molecular complexity index is 430. The fourth-order valence-corrected chi connectivity index (χ4v) is 2.27. The highest BCUT2D eigenvalue weighted by atomic mass is 19.1. The van der Waals surface area contributed by atoms with Gasteiger partial charge in [-0.3, -0.25) is 0 Å². The summed E-state index contributed by atoms with van der Waals surface area (Å²) in [6.07, 6.45) is 2.34. The number of hydrogen-bond acceptors (Lipinski definition) is 3. The summed E-state index contributed by atoms with van der Waals surface area (Å²) in [5.41, 5.74) is 1.49. The van der Waals surface area contributed by atoms with Crippen LogP contribution in [0.2, 0.25) is 0 Å². The van der Waals surface area contributed by atoms with Gasteiger partial charge in [0.25, 0.3) is 0 Å². The first-order valence-corrected chi connectivity index (χ1v) is 6.83. The molecule has 1 fully saturated rings. The second-order valence-corrected chi connectivity index (χ2v) is 5.54. The summed E-state index contributed by atoms with van der Waals surface area (Å²) in [7, 11) is 3.64. The summed E-state index contributed by atoms with van der Waals surface area (Å²) in [4.78, 5) is 1.93. The molecule has 0 bridgehead atoms. The van der Waals surface area contributed by atoms with Crippen molar-refractivity contribution in [1.82, 2.24) is 0 Å². The third-order valence-corrected chi connectivity index (χ3v) is 3.90. The van der Waals surface area contributed by atoms with Crippen molar-refractivity contribution < 1.29 is 9.13 Å². The number of nitrogens with zero attached hydrogens (tertiary/aromatic N) is 1. The molecule has 0 amide bonds. The van der Waals surface area contributed by atoms with Crippen LogP contribution in [0.3, 0.4) is 0 Å². The fraction of sp³-hybridized carbons (Fsp3) is 0.600. The molecule has 0 atom stereocenters. The minimum atomic E-state index is -0.177. The van der Waals surface area contributed by atoms with Crippen LogP contribution in [0, 0.1) is 5.82 Å². The number of methoxy groups -OCH3 is 1. The number of ether oxygens (including phenoxy) is 1.